The van der Waals surface area contributed by atoms with Gasteiger partial charge in [0.25, 0.3) is 0 Å². The fraction of sp³-hybridized carbons (Fsp3) is 0.667. The van der Waals surface area contributed by atoms with Crippen LogP contribution >= 0.6 is 0 Å². The highest BCUT2D eigenvalue weighted by atomic mass is 16.5. The number of carbonyl (C=O) groups is 1. The van der Waals surface area contributed by atoms with E-state index in [4.69, 9.17) is 9.47 Å². The standard InChI is InChI=1S/C21H32N2O3/c1-16-5-4-10-23(14-16)21(24)17-8-11-22(12-9-17)15-18-13-19(25-2)6-7-20(18)26-3/h6-7,13,16-17H,4-5,8-12,14-15H2,1-3H3/t16-/m1/s1. The van der Waals surface area contributed by atoms with Gasteiger partial charge in [-0.2, -0.15) is 0 Å². The zero-order chi connectivity index (χ0) is 18.5. The molecule has 2 aliphatic heterocycles. The van der Waals surface area contributed by atoms with Crippen LogP contribution in [0, 0.1) is 11.8 Å². The van der Waals surface area contributed by atoms with Gasteiger partial charge in [-0.3, -0.25) is 9.69 Å². The molecule has 3 rings (SSSR count). The molecule has 0 N–H and O–H groups in total. The lowest BCUT2D eigenvalue weighted by Crippen LogP contribution is -2.45. The Morgan fingerprint density at radius 2 is 1.88 bits per heavy atom. The molecule has 0 aliphatic carbocycles. The zero-order valence-electron chi connectivity index (χ0n) is 16.4. The van der Waals surface area contributed by atoms with E-state index >= 15 is 0 Å². The number of carbonyl (C=O) groups excluding carboxylic acids is 1. The van der Waals surface area contributed by atoms with Crippen molar-refractivity contribution in [3.05, 3.63) is 23.8 Å². The lowest BCUT2D eigenvalue weighted by Gasteiger charge is -2.37. The molecule has 0 radical (unpaired) electrons. The molecule has 1 aromatic rings. The number of hydrogen-bond donors (Lipinski definition) is 0. The summed E-state index contributed by atoms with van der Waals surface area (Å²) in [5, 5.41) is 0. The maximum Gasteiger partial charge on any atom is 0.225 e. The number of amides is 1. The van der Waals surface area contributed by atoms with Gasteiger partial charge < -0.3 is 14.4 Å². The minimum Gasteiger partial charge on any atom is -0.497 e. The van der Waals surface area contributed by atoms with Crippen LogP contribution in [0.15, 0.2) is 18.2 Å². The highest BCUT2D eigenvalue weighted by Gasteiger charge is 2.30. The number of methoxy groups -OCH3 is 2. The summed E-state index contributed by atoms with van der Waals surface area (Å²) in [6.45, 7) is 6.90. The molecule has 26 heavy (non-hydrogen) atoms. The number of nitrogens with zero attached hydrogens (tertiary/aromatic N) is 2. The Kier molecular flexibility index (Phi) is 6.41. The van der Waals surface area contributed by atoms with Crippen molar-refractivity contribution in [2.24, 2.45) is 11.8 Å². The predicted octanol–water partition coefficient (Wildman–Crippen LogP) is 3.17. The summed E-state index contributed by atoms with van der Waals surface area (Å²) in [5.41, 5.74) is 1.14. The normalized spacial score (nSPS) is 22.3. The molecular formula is C21H32N2O3. The monoisotopic (exact) mass is 360 g/mol. The molecule has 0 spiro atoms. The Bertz CT molecular complexity index is 611. The molecule has 0 bridgehead atoms. The number of benzene rings is 1. The number of rotatable bonds is 5. The molecule has 1 aromatic carbocycles. The molecule has 0 saturated carbocycles. The van der Waals surface area contributed by atoms with E-state index in [-0.39, 0.29) is 5.92 Å². The molecule has 0 unspecified atom stereocenters. The minimum absolute atomic E-state index is 0.198. The molecule has 1 atom stereocenters. The third-order valence-electron chi connectivity index (χ3n) is 5.79. The molecule has 144 valence electrons. The summed E-state index contributed by atoms with van der Waals surface area (Å²) in [6.07, 6.45) is 4.32. The van der Waals surface area contributed by atoms with Crippen molar-refractivity contribution in [3.8, 4) is 11.5 Å². The van der Waals surface area contributed by atoms with E-state index in [1.165, 1.54) is 6.42 Å². The third-order valence-corrected chi connectivity index (χ3v) is 5.79. The molecule has 5 heteroatoms. The predicted molar refractivity (Wildman–Crippen MR) is 103 cm³/mol. The Morgan fingerprint density at radius 1 is 1.12 bits per heavy atom. The maximum absolute atomic E-state index is 12.8. The van der Waals surface area contributed by atoms with E-state index < -0.39 is 0 Å². The molecule has 2 saturated heterocycles. The van der Waals surface area contributed by atoms with Gasteiger partial charge in [-0.15, -0.1) is 0 Å². The van der Waals surface area contributed by atoms with Crippen LogP contribution in [0.1, 0.15) is 38.2 Å². The van der Waals surface area contributed by atoms with Gasteiger partial charge >= 0.3 is 0 Å². The minimum atomic E-state index is 0.198. The van der Waals surface area contributed by atoms with Crippen molar-refractivity contribution in [2.75, 3.05) is 40.4 Å². The quantitative estimate of drug-likeness (QED) is 0.809. The first-order valence-electron chi connectivity index (χ1n) is 9.82. The van der Waals surface area contributed by atoms with Crippen LogP contribution in [0.5, 0.6) is 11.5 Å². The number of hydrogen-bond acceptors (Lipinski definition) is 4. The lowest BCUT2D eigenvalue weighted by molar-refractivity contribution is -0.138. The first kappa shape index (κ1) is 19.0. The van der Waals surface area contributed by atoms with Gasteiger partial charge in [0.15, 0.2) is 0 Å². The smallest absolute Gasteiger partial charge is 0.225 e. The molecule has 5 nitrogen and oxygen atoms in total. The molecule has 1 amide bonds. The van der Waals surface area contributed by atoms with E-state index in [9.17, 15) is 4.79 Å². The van der Waals surface area contributed by atoms with Crippen molar-refractivity contribution in [3.63, 3.8) is 0 Å². The van der Waals surface area contributed by atoms with Crippen molar-refractivity contribution in [1.82, 2.24) is 9.80 Å². The summed E-state index contributed by atoms with van der Waals surface area (Å²) in [4.78, 5) is 17.3. The highest BCUT2D eigenvalue weighted by molar-refractivity contribution is 5.79. The summed E-state index contributed by atoms with van der Waals surface area (Å²) in [7, 11) is 3.39. The van der Waals surface area contributed by atoms with Gasteiger partial charge in [0.2, 0.25) is 5.91 Å². The van der Waals surface area contributed by atoms with E-state index in [1.54, 1.807) is 14.2 Å². The fourth-order valence-corrected chi connectivity index (χ4v) is 4.23. The van der Waals surface area contributed by atoms with E-state index in [1.807, 2.05) is 18.2 Å². The number of likely N-dealkylation sites (tertiary alicyclic amines) is 2. The third kappa shape index (κ3) is 4.50. The van der Waals surface area contributed by atoms with Gasteiger partial charge in [0, 0.05) is 31.1 Å². The summed E-state index contributed by atoms with van der Waals surface area (Å²) in [5.74, 6) is 2.98. The second kappa shape index (κ2) is 8.76. The lowest BCUT2D eigenvalue weighted by atomic mass is 9.92. The van der Waals surface area contributed by atoms with Gasteiger partial charge in [-0.25, -0.2) is 0 Å². The van der Waals surface area contributed by atoms with Crippen molar-refractivity contribution in [1.29, 1.82) is 0 Å². The van der Waals surface area contributed by atoms with Crippen LogP contribution in [-0.2, 0) is 11.3 Å². The molecule has 2 fully saturated rings. The average molecular weight is 360 g/mol. The van der Waals surface area contributed by atoms with Crippen molar-refractivity contribution in [2.45, 2.75) is 39.2 Å². The first-order chi connectivity index (χ1) is 12.6. The number of ether oxygens (including phenoxy) is 2. The topological polar surface area (TPSA) is 42.0 Å². The summed E-state index contributed by atoms with van der Waals surface area (Å²) in [6, 6.07) is 5.93. The number of piperidine rings is 2. The van der Waals surface area contributed by atoms with Crippen molar-refractivity contribution >= 4 is 5.91 Å². The highest BCUT2D eigenvalue weighted by Crippen LogP contribution is 2.28. The Hall–Kier alpha value is -1.75. The van der Waals surface area contributed by atoms with Crippen LogP contribution in [0.2, 0.25) is 0 Å². The Labute approximate surface area is 157 Å². The first-order valence-corrected chi connectivity index (χ1v) is 9.82. The van der Waals surface area contributed by atoms with E-state index in [0.717, 1.165) is 69.0 Å². The maximum atomic E-state index is 12.8. The Morgan fingerprint density at radius 3 is 2.54 bits per heavy atom. The van der Waals surface area contributed by atoms with Crippen molar-refractivity contribution < 1.29 is 14.3 Å². The molecule has 2 heterocycles. The van der Waals surface area contributed by atoms with E-state index in [2.05, 4.69) is 16.7 Å². The van der Waals surface area contributed by atoms with Crippen LogP contribution in [0.25, 0.3) is 0 Å². The van der Waals surface area contributed by atoms with Gasteiger partial charge in [0.1, 0.15) is 11.5 Å². The van der Waals surface area contributed by atoms with E-state index in [0.29, 0.717) is 11.8 Å². The average Bonchev–Trinajstić information content (AvgIpc) is 2.68. The fourth-order valence-electron chi connectivity index (χ4n) is 4.23. The molecular weight excluding hydrogens is 328 g/mol. The van der Waals surface area contributed by atoms with Crippen LogP contribution in [0.4, 0.5) is 0 Å². The zero-order valence-corrected chi connectivity index (χ0v) is 16.4. The van der Waals surface area contributed by atoms with Gasteiger partial charge in [0.05, 0.1) is 14.2 Å². The Balaban J connectivity index is 1.55. The van der Waals surface area contributed by atoms with Gasteiger partial charge in [-0.05, 0) is 62.9 Å². The van der Waals surface area contributed by atoms with Gasteiger partial charge in [-0.1, -0.05) is 6.92 Å². The summed E-state index contributed by atoms with van der Waals surface area (Å²) >= 11 is 0. The summed E-state index contributed by atoms with van der Waals surface area (Å²) < 4.78 is 10.8. The molecule has 0 aromatic heterocycles. The SMILES string of the molecule is COc1ccc(OC)c(CN2CCC(C(=O)N3CCC[C@@H](C)C3)CC2)c1. The molecule has 2 aliphatic rings. The largest absolute Gasteiger partial charge is 0.497 e. The van der Waals surface area contributed by atoms with Crippen LogP contribution < -0.4 is 9.47 Å². The van der Waals surface area contributed by atoms with Crippen LogP contribution in [0.3, 0.4) is 0 Å². The van der Waals surface area contributed by atoms with Crippen LogP contribution in [-0.4, -0.2) is 56.1 Å². The second-order valence-corrected chi connectivity index (χ2v) is 7.76. The second-order valence-electron chi connectivity index (χ2n) is 7.76.